The van der Waals surface area contributed by atoms with Crippen molar-refractivity contribution in [3.8, 4) is 11.5 Å². The van der Waals surface area contributed by atoms with Gasteiger partial charge in [0.25, 0.3) is 5.91 Å². The van der Waals surface area contributed by atoms with Crippen LogP contribution in [0.2, 0.25) is 0 Å². The second kappa shape index (κ2) is 6.04. The number of nitrogens with one attached hydrogen (secondary N) is 1. The molecule has 3 aromatic carbocycles. The average molecular weight is 321 g/mol. The van der Waals surface area contributed by atoms with Gasteiger partial charge in [0.15, 0.2) is 5.78 Å². The van der Waals surface area contributed by atoms with Crippen molar-refractivity contribution >= 4 is 22.5 Å². The molecule has 3 N–H and O–H groups in total. The molecular weight excluding hydrogens is 306 g/mol. The van der Waals surface area contributed by atoms with E-state index in [1.165, 1.54) is 31.3 Å². The molecule has 0 saturated carbocycles. The van der Waals surface area contributed by atoms with Crippen LogP contribution in [-0.2, 0) is 0 Å². The number of hydrogen-bond donors (Lipinski definition) is 3. The normalized spacial score (nSPS) is 10.5. The summed E-state index contributed by atoms with van der Waals surface area (Å²) < 4.78 is 0. The van der Waals surface area contributed by atoms with Crippen molar-refractivity contribution in [2.45, 2.75) is 0 Å². The summed E-state index contributed by atoms with van der Waals surface area (Å²) in [6.07, 6.45) is 0. The lowest BCUT2D eigenvalue weighted by atomic mass is 9.95. The lowest BCUT2D eigenvalue weighted by molar-refractivity contribution is 0.0960. The van der Waals surface area contributed by atoms with Gasteiger partial charge in [0.1, 0.15) is 11.5 Å². The zero-order chi connectivity index (χ0) is 17.3. The van der Waals surface area contributed by atoms with Crippen LogP contribution in [0.4, 0.5) is 0 Å². The molecule has 0 aliphatic rings. The van der Waals surface area contributed by atoms with Crippen LogP contribution in [0.25, 0.3) is 10.8 Å². The molecule has 1 amide bonds. The maximum absolute atomic E-state index is 12.9. The van der Waals surface area contributed by atoms with Gasteiger partial charge >= 0.3 is 0 Å². The highest BCUT2D eigenvalue weighted by Gasteiger charge is 2.19. The number of benzene rings is 3. The lowest BCUT2D eigenvalue weighted by Gasteiger charge is -2.10. The molecule has 3 aromatic rings. The first-order chi connectivity index (χ1) is 11.5. The highest BCUT2D eigenvalue weighted by atomic mass is 16.3. The molecule has 120 valence electrons. The smallest absolute Gasteiger partial charge is 0.254 e. The summed E-state index contributed by atoms with van der Waals surface area (Å²) in [7, 11) is 1.44. The van der Waals surface area contributed by atoms with Gasteiger partial charge in [-0.15, -0.1) is 0 Å². The molecule has 5 heteroatoms. The molecule has 0 bridgehead atoms. The second-order valence-electron chi connectivity index (χ2n) is 5.32. The monoisotopic (exact) mass is 321 g/mol. The van der Waals surface area contributed by atoms with Crippen LogP contribution in [0.15, 0.2) is 54.6 Å². The molecule has 0 aromatic heterocycles. The van der Waals surface area contributed by atoms with E-state index in [1.807, 2.05) is 12.1 Å². The number of phenols is 2. The molecule has 24 heavy (non-hydrogen) atoms. The number of amides is 1. The minimum absolute atomic E-state index is 0.00285. The molecule has 0 unspecified atom stereocenters. The Morgan fingerprint density at radius 2 is 1.62 bits per heavy atom. The van der Waals surface area contributed by atoms with Crippen LogP contribution in [-0.4, -0.2) is 29.0 Å². The summed E-state index contributed by atoms with van der Waals surface area (Å²) >= 11 is 0. The predicted molar refractivity (Wildman–Crippen MR) is 90.5 cm³/mol. The SMILES string of the molecule is CNC(=O)c1cc(C(=O)c2c(O)ccc3ccccc23)ccc1O. The topological polar surface area (TPSA) is 86.6 Å². The van der Waals surface area contributed by atoms with Crippen molar-refractivity contribution in [1.82, 2.24) is 5.32 Å². The molecule has 3 rings (SSSR count). The Balaban J connectivity index is 2.17. The summed E-state index contributed by atoms with van der Waals surface area (Å²) in [5.74, 6) is -1.26. The third-order valence-electron chi connectivity index (χ3n) is 3.86. The second-order valence-corrected chi connectivity index (χ2v) is 5.32. The first kappa shape index (κ1) is 15.6. The maximum atomic E-state index is 12.9. The van der Waals surface area contributed by atoms with Crippen molar-refractivity contribution in [3.05, 3.63) is 71.3 Å². The Morgan fingerprint density at radius 1 is 0.917 bits per heavy atom. The van der Waals surface area contributed by atoms with Gasteiger partial charge in [-0.2, -0.15) is 0 Å². The Kier molecular flexibility index (Phi) is 3.92. The van der Waals surface area contributed by atoms with E-state index >= 15 is 0 Å². The number of ketones is 1. The van der Waals surface area contributed by atoms with Gasteiger partial charge < -0.3 is 15.5 Å². The molecule has 5 nitrogen and oxygen atoms in total. The number of aromatic hydroxyl groups is 2. The van der Waals surface area contributed by atoms with E-state index < -0.39 is 11.7 Å². The summed E-state index contributed by atoms with van der Waals surface area (Å²) in [5, 5.41) is 23.8. The first-order valence-corrected chi connectivity index (χ1v) is 7.33. The van der Waals surface area contributed by atoms with E-state index in [9.17, 15) is 19.8 Å². The van der Waals surface area contributed by atoms with E-state index in [2.05, 4.69) is 5.32 Å². The molecule has 0 aliphatic carbocycles. The number of fused-ring (bicyclic) bond motifs is 1. The zero-order valence-electron chi connectivity index (χ0n) is 12.9. The largest absolute Gasteiger partial charge is 0.507 e. The lowest BCUT2D eigenvalue weighted by Crippen LogP contribution is -2.18. The highest BCUT2D eigenvalue weighted by molar-refractivity contribution is 6.18. The van der Waals surface area contributed by atoms with Gasteiger partial charge in [-0.25, -0.2) is 0 Å². The molecule has 0 atom stereocenters. The Bertz CT molecular complexity index is 963. The standard InChI is InChI=1S/C19H15NO4/c1-20-19(24)14-10-12(7-8-15(14)21)18(23)17-13-5-3-2-4-11(13)6-9-16(17)22/h2-10,21-22H,1H3,(H,20,24). The van der Waals surface area contributed by atoms with Crippen LogP contribution in [0.1, 0.15) is 26.3 Å². The molecule has 0 aliphatic heterocycles. The van der Waals surface area contributed by atoms with Crippen LogP contribution >= 0.6 is 0 Å². The average Bonchev–Trinajstić information content (AvgIpc) is 2.61. The quantitative estimate of drug-likeness (QED) is 0.647. The zero-order valence-corrected chi connectivity index (χ0v) is 12.9. The van der Waals surface area contributed by atoms with Gasteiger partial charge in [-0.05, 0) is 35.0 Å². The predicted octanol–water partition coefficient (Wildman–Crippen LogP) is 2.84. The fraction of sp³-hybridized carbons (Fsp3) is 0.0526. The Hall–Kier alpha value is -3.34. The van der Waals surface area contributed by atoms with E-state index in [4.69, 9.17) is 0 Å². The molecule has 0 spiro atoms. The number of carbonyl (C=O) groups excluding carboxylic acids is 2. The first-order valence-electron chi connectivity index (χ1n) is 7.33. The number of rotatable bonds is 3. The Labute approximate surface area is 138 Å². The molecular formula is C19H15NO4. The summed E-state index contributed by atoms with van der Waals surface area (Å²) in [4.78, 5) is 24.7. The summed E-state index contributed by atoms with van der Waals surface area (Å²) in [5.41, 5.74) is 0.378. The molecule has 0 radical (unpaired) electrons. The maximum Gasteiger partial charge on any atom is 0.254 e. The van der Waals surface area contributed by atoms with E-state index in [0.717, 1.165) is 5.39 Å². The minimum atomic E-state index is -0.496. The summed E-state index contributed by atoms with van der Waals surface area (Å²) in [6.45, 7) is 0. The van der Waals surface area contributed by atoms with Crippen molar-refractivity contribution in [1.29, 1.82) is 0 Å². The van der Waals surface area contributed by atoms with Crippen LogP contribution in [0.3, 0.4) is 0 Å². The highest BCUT2D eigenvalue weighted by Crippen LogP contribution is 2.30. The van der Waals surface area contributed by atoms with Gasteiger partial charge in [-0.1, -0.05) is 30.3 Å². The number of phenolic OH excluding ortho intramolecular Hbond substituents is 2. The van der Waals surface area contributed by atoms with Crippen LogP contribution < -0.4 is 5.32 Å². The van der Waals surface area contributed by atoms with Crippen molar-refractivity contribution in [2.75, 3.05) is 7.05 Å². The molecule has 0 saturated heterocycles. The van der Waals surface area contributed by atoms with Crippen molar-refractivity contribution in [2.24, 2.45) is 0 Å². The number of carbonyl (C=O) groups is 2. The van der Waals surface area contributed by atoms with Crippen LogP contribution in [0.5, 0.6) is 11.5 Å². The van der Waals surface area contributed by atoms with Gasteiger partial charge in [0.05, 0.1) is 11.1 Å². The van der Waals surface area contributed by atoms with Gasteiger partial charge in [0, 0.05) is 12.6 Å². The fourth-order valence-corrected chi connectivity index (χ4v) is 2.64. The molecule has 0 heterocycles. The van der Waals surface area contributed by atoms with Crippen LogP contribution in [0, 0.1) is 0 Å². The van der Waals surface area contributed by atoms with E-state index in [1.54, 1.807) is 18.2 Å². The number of hydrogen-bond acceptors (Lipinski definition) is 4. The van der Waals surface area contributed by atoms with Crippen molar-refractivity contribution < 1.29 is 19.8 Å². The fourth-order valence-electron chi connectivity index (χ4n) is 2.64. The third kappa shape index (κ3) is 2.56. The minimum Gasteiger partial charge on any atom is -0.507 e. The van der Waals surface area contributed by atoms with E-state index in [-0.39, 0.29) is 28.2 Å². The van der Waals surface area contributed by atoms with Gasteiger partial charge in [-0.3, -0.25) is 9.59 Å². The summed E-state index contributed by atoms with van der Waals surface area (Å²) in [6, 6.07) is 14.5. The van der Waals surface area contributed by atoms with E-state index in [0.29, 0.717) is 5.39 Å². The third-order valence-corrected chi connectivity index (χ3v) is 3.86. The van der Waals surface area contributed by atoms with Gasteiger partial charge in [0.2, 0.25) is 0 Å². The Morgan fingerprint density at radius 3 is 2.38 bits per heavy atom. The van der Waals surface area contributed by atoms with Crippen molar-refractivity contribution in [3.63, 3.8) is 0 Å². The molecule has 0 fully saturated rings.